The van der Waals surface area contributed by atoms with E-state index in [1.165, 1.54) is 5.48 Å². The predicted octanol–water partition coefficient (Wildman–Crippen LogP) is 0.815. The maximum absolute atomic E-state index is 12.0. The summed E-state index contributed by atoms with van der Waals surface area (Å²) >= 11 is 0. The summed E-state index contributed by atoms with van der Waals surface area (Å²) in [6, 6.07) is 7.10. The minimum atomic E-state index is -1.15. The third-order valence-corrected chi connectivity index (χ3v) is 2.62. The maximum atomic E-state index is 12.0. The summed E-state index contributed by atoms with van der Waals surface area (Å²) < 4.78 is 5.03. The first-order valence-electron chi connectivity index (χ1n) is 6.99. The van der Waals surface area contributed by atoms with Gasteiger partial charge in [0.05, 0.1) is 6.54 Å². The molecule has 1 atom stereocenters. The van der Waals surface area contributed by atoms with Crippen LogP contribution in [0, 0.1) is 0 Å². The van der Waals surface area contributed by atoms with Gasteiger partial charge in [0, 0.05) is 5.56 Å². The van der Waals surface area contributed by atoms with Gasteiger partial charge in [0.25, 0.3) is 11.8 Å². The smallest absolute Gasteiger partial charge is 0.407 e. The number of carbonyl (C=O) groups is 3. The van der Waals surface area contributed by atoms with Crippen molar-refractivity contribution >= 4 is 17.9 Å². The summed E-state index contributed by atoms with van der Waals surface area (Å²) in [6.07, 6.45) is -0.734. The minimum absolute atomic E-state index is 0.236. The molecule has 0 unspecified atom stereocenters. The SMILES string of the molecule is CC(C)(C)OC(=O)NC[C@H](NC(=O)c1ccccc1)C(=O)NO. The molecular weight excluding hydrogens is 302 g/mol. The van der Waals surface area contributed by atoms with Crippen LogP contribution < -0.4 is 16.1 Å². The van der Waals surface area contributed by atoms with Gasteiger partial charge < -0.3 is 15.4 Å². The van der Waals surface area contributed by atoms with Crippen molar-refractivity contribution in [2.75, 3.05) is 6.54 Å². The Bertz CT molecular complexity index is 554. The molecule has 0 spiro atoms. The molecule has 0 bridgehead atoms. The highest BCUT2D eigenvalue weighted by molar-refractivity contribution is 5.97. The van der Waals surface area contributed by atoms with E-state index >= 15 is 0 Å². The lowest BCUT2D eigenvalue weighted by Crippen LogP contribution is -2.52. The number of benzene rings is 1. The molecule has 0 saturated heterocycles. The van der Waals surface area contributed by atoms with Crippen molar-refractivity contribution in [3.05, 3.63) is 35.9 Å². The Morgan fingerprint density at radius 2 is 1.78 bits per heavy atom. The van der Waals surface area contributed by atoms with E-state index in [4.69, 9.17) is 9.94 Å². The molecule has 0 radical (unpaired) electrons. The number of nitrogens with one attached hydrogen (secondary N) is 3. The van der Waals surface area contributed by atoms with Crippen molar-refractivity contribution in [2.45, 2.75) is 32.4 Å². The van der Waals surface area contributed by atoms with Crippen molar-refractivity contribution in [2.24, 2.45) is 0 Å². The standard InChI is InChI=1S/C15H21N3O5/c1-15(2,3)23-14(21)16-9-11(13(20)18-22)17-12(19)10-7-5-4-6-8-10/h4-8,11,22H,9H2,1-3H3,(H,16,21)(H,17,19)(H,18,20)/t11-/m0/s1. The quantitative estimate of drug-likeness (QED) is 0.473. The van der Waals surface area contributed by atoms with Crippen LogP contribution in [-0.2, 0) is 9.53 Å². The topological polar surface area (TPSA) is 117 Å². The number of hydroxylamine groups is 1. The number of hydrogen-bond donors (Lipinski definition) is 4. The number of rotatable bonds is 5. The largest absolute Gasteiger partial charge is 0.444 e. The Hall–Kier alpha value is -2.61. The summed E-state index contributed by atoms with van der Waals surface area (Å²) in [5.41, 5.74) is 1.11. The van der Waals surface area contributed by atoms with Gasteiger partial charge >= 0.3 is 6.09 Å². The van der Waals surface area contributed by atoms with Crippen molar-refractivity contribution in [1.29, 1.82) is 0 Å². The molecule has 23 heavy (non-hydrogen) atoms. The highest BCUT2D eigenvalue weighted by Gasteiger charge is 2.23. The van der Waals surface area contributed by atoms with Crippen molar-refractivity contribution in [3.8, 4) is 0 Å². The molecule has 4 N–H and O–H groups in total. The van der Waals surface area contributed by atoms with Crippen LogP contribution in [0.5, 0.6) is 0 Å². The van der Waals surface area contributed by atoms with Gasteiger partial charge in [-0.05, 0) is 32.9 Å². The average Bonchev–Trinajstić information content (AvgIpc) is 2.49. The van der Waals surface area contributed by atoms with Crippen LogP contribution in [0.2, 0.25) is 0 Å². The third-order valence-electron chi connectivity index (χ3n) is 2.62. The predicted molar refractivity (Wildman–Crippen MR) is 81.9 cm³/mol. The molecule has 1 rings (SSSR count). The van der Waals surface area contributed by atoms with Crippen LogP contribution in [0.4, 0.5) is 4.79 Å². The van der Waals surface area contributed by atoms with Crippen molar-refractivity contribution < 1.29 is 24.3 Å². The molecule has 126 valence electrons. The summed E-state index contributed by atoms with van der Waals surface area (Å²) in [5.74, 6) is -1.37. The lowest BCUT2D eigenvalue weighted by molar-refractivity contribution is -0.131. The summed E-state index contributed by atoms with van der Waals surface area (Å²) in [5, 5.41) is 13.5. The molecule has 1 aromatic rings. The first kappa shape index (κ1) is 18.4. The Morgan fingerprint density at radius 3 is 2.30 bits per heavy atom. The Labute approximate surface area is 134 Å². The Morgan fingerprint density at radius 1 is 1.17 bits per heavy atom. The van der Waals surface area contributed by atoms with Crippen LogP contribution in [0.25, 0.3) is 0 Å². The van der Waals surface area contributed by atoms with Crippen molar-refractivity contribution in [1.82, 2.24) is 16.1 Å². The van der Waals surface area contributed by atoms with Gasteiger partial charge in [-0.15, -0.1) is 0 Å². The zero-order chi connectivity index (χ0) is 17.5. The van der Waals surface area contributed by atoms with Crippen molar-refractivity contribution in [3.63, 3.8) is 0 Å². The summed E-state index contributed by atoms with van der Waals surface area (Å²) in [6.45, 7) is 4.85. The van der Waals surface area contributed by atoms with Crippen LogP contribution in [0.3, 0.4) is 0 Å². The van der Waals surface area contributed by atoms with Gasteiger partial charge in [-0.3, -0.25) is 14.8 Å². The lowest BCUT2D eigenvalue weighted by Gasteiger charge is -2.21. The summed E-state index contributed by atoms with van der Waals surface area (Å²) in [7, 11) is 0. The summed E-state index contributed by atoms with van der Waals surface area (Å²) in [4.78, 5) is 35.2. The third kappa shape index (κ3) is 6.79. The number of amides is 3. The number of ether oxygens (including phenoxy) is 1. The van der Waals surface area contributed by atoms with E-state index in [2.05, 4.69) is 10.6 Å². The fraction of sp³-hybridized carbons (Fsp3) is 0.400. The fourth-order valence-corrected chi connectivity index (χ4v) is 1.62. The molecule has 0 heterocycles. The molecule has 0 aliphatic rings. The molecule has 0 aliphatic carbocycles. The van der Waals surface area contributed by atoms with Gasteiger partial charge in [-0.25, -0.2) is 10.3 Å². The lowest BCUT2D eigenvalue weighted by atomic mass is 10.2. The molecule has 0 saturated carbocycles. The van der Waals surface area contributed by atoms with E-state index in [0.29, 0.717) is 5.56 Å². The molecular formula is C15H21N3O5. The van der Waals surface area contributed by atoms with Gasteiger partial charge in [-0.2, -0.15) is 0 Å². The molecule has 1 aromatic carbocycles. The van der Waals surface area contributed by atoms with Crippen LogP contribution in [0.15, 0.2) is 30.3 Å². The monoisotopic (exact) mass is 323 g/mol. The average molecular weight is 323 g/mol. The van der Waals surface area contributed by atoms with Crippen LogP contribution in [-0.4, -0.2) is 41.3 Å². The molecule has 8 nitrogen and oxygen atoms in total. The van der Waals surface area contributed by atoms with Gasteiger partial charge in [-0.1, -0.05) is 18.2 Å². The molecule has 3 amide bonds. The highest BCUT2D eigenvalue weighted by Crippen LogP contribution is 2.06. The number of hydrogen-bond acceptors (Lipinski definition) is 5. The minimum Gasteiger partial charge on any atom is -0.444 e. The Kier molecular flexibility index (Phi) is 6.52. The second kappa shape index (κ2) is 8.14. The first-order valence-corrected chi connectivity index (χ1v) is 6.99. The molecule has 0 aliphatic heterocycles. The van der Waals surface area contributed by atoms with E-state index in [1.54, 1.807) is 51.1 Å². The molecule has 0 aromatic heterocycles. The van der Waals surface area contributed by atoms with E-state index in [9.17, 15) is 14.4 Å². The van der Waals surface area contributed by atoms with E-state index < -0.39 is 29.6 Å². The maximum Gasteiger partial charge on any atom is 0.407 e. The first-order chi connectivity index (χ1) is 10.7. The molecule has 0 fully saturated rings. The van der Waals surface area contributed by atoms with Gasteiger partial charge in [0.15, 0.2) is 0 Å². The normalized spacial score (nSPS) is 12.0. The zero-order valence-corrected chi connectivity index (χ0v) is 13.3. The number of carbonyl (C=O) groups excluding carboxylic acids is 3. The molecule has 8 heteroatoms. The van der Waals surface area contributed by atoms with E-state index in [-0.39, 0.29) is 6.54 Å². The van der Waals surface area contributed by atoms with E-state index in [0.717, 1.165) is 0 Å². The van der Waals surface area contributed by atoms with Gasteiger partial charge in [0.1, 0.15) is 11.6 Å². The van der Waals surface area contributed by atoms with Crippen LogP contribution >= 0.6 is 0 Å². The second-order valence-corrected chi connectivity index (χ2v) is 5.75. The Balaban J connectivity index is 2.65. The fourth-order valence-electron chi connectivity index (χ4n) is 1.62. The van der Waals surface area contributed by atoms with Crippen LogP contribution in [0.1, 0.15) is 31.1 Å². The van der Waals surface area contributed by atoms with Gasteiger partial charge in [0.2, 0.25) is 0 Å². The van der Waals surface area contributed by atoms with E-state index in [1.807, 2.05) is 0 Å². The zero-order valence-electron chi connectivity index (χ0n) is 13.3. The number of alkyl carbamates (subject to hydrolysis) is 1. The highest BCUT2D eigenvalue weighted by atomic mass is 16.6. The second-order valence-electron chi connectivity index (χ2n) is 5.75.